The van der Waals surface area contributed by atoms with E-state index in [-0.39, 0.29) is 7.41 Å². The number of ether oxygens (including phenoxy) is 2. The van der Waals surface area contributed by atoms with Crippen molar-refractivity contribution in [2.75, 3.05) is 6.61 Å². The first kappa shape index (κ1) is 23.0. The number of carboxylic acids is 1. The highest BCUT2D eigenvalue weighted by molar-refractivity contribution is 6.34. The molecule has 5 atom stereocenters. The minimum absolute atomic E-state index is 0.205. The minimum Gasteiger partial charge on any atom is -0.477 e. The van der Waals surface area contributed by atoms with Crippen LogP contribution in [0.4, 0.5) is 4.79 Å². The van der Waals surface area contributed by atoms with Crippen LogP contribution in [0, 0.1) is 5.41 Å². The summed E-state index contributed by atoms with van der Waals surface area (Å²) in [7, 11) is 0.205. The second-order valence-corrected chi connectivity index (χ2v) is 5.88. The quantitative estimate of drug-likeness (QED) is 0.114. The number of hydrogen-bond donors (Lipinski definition) is 8. The van der Waals surface area contributed by atoms with Crippen LogP contribution in [-0.4, -0.2) is 83.7 Å². The Hall–Kier alpha value is -3.00. The zero-order valence-corrected chi connectivity index (χ0v) is 15.3. The lowest BCUT2D eigenvalue weighted by Gasteiger charge is -2.41. The average molecular weight is 401 g/mol. The van der Waals surface area contributed by atoms with Crippen LogP contribution in [0.5, 0.6) is 0 Å². The first-order valence-corrected chi connectivity index (χ1v) is 8.33. The Labute approximate surface area is 161 Å². The van der Waals surface area contributed by atoms with Gasteiger partial charge in [-0.1, -0.05) is 6.82 Å². The summed E-state index contributed by atoms with van der Waals surface area (Å²) in [6, 6.07) is -2.15. The number of aliphatic hydroxyl groups is 2. The summed E-state index contributed by atoms with van der Waals surface area (Å²) in [5.74, 6) is -3.13. The zero-order chi connectivity index (χ0) is 21.4. The van der Waals surface area contributed by atoms with E-state index in [0.717, 1.165) is 6.08 Å². The molecule has 28 heavy (non-hydrogen) atoms. The van der Waals surface area contributed by atoms with Crippen LogP contribution in [0.25, 0.3) is 0 Å². The van der Waals surface area contributed by atoms with Gasteiger partial charge in [0.15, 0.2) is 18.2 Å². The highest BCUT2D eigenvalue weighted by atomic mass is 16.6. The Morgan fingerprint density at radius 3 is 2.54 bits per heavy atom. The number of hydrogen-bond acceptors (Lipinski definition) is 8. The summed E-state index contributed by atoms with van der Waals surface area (Å²) >= 11 is 0. The molecule has 0 fully saturated rings. The average Bonchev–Trinajstić information content (AvgIpc) is 2.59. The van der Waals surface area contributed by atoms with Crippen LogP contribution in [0.1, 0.15) is 6.92 Å². The lowest BCUT2D eigenvalue weighted by molar-refractivity contribution is -0.146. The fraction of sp³-hybridized carbons (Fsp3) is 0.571. The predicted molar refractivity (Wildman–Crippen MR) is 96.5 cm³/mol. The lowest BCUT2D eigenvalue weighted by Crippen LogP contribution is -2.65. The molecule has 1 aliphatic heterocycles. The van der Waals surface area contributed by atoms with Crippen LogP contribution >= 0.6 is 0 Å². The number of guanidine groups is 1. The molecule has 13 nitrogen and oxygen atoms in total. The van der Waals surface area contributed by atoms with Gasteiger partial charge in [-0.05, 0) is 6.08 Å². The number of amides is 2. The van der Waals surface area contributed by atoms with Crippen molar-refractivity contribution in [2.24, 2.45) is 5.73 Å². The second kappa shape index (κ2) is 10.4. The topological polar surface area (TPSA) is 216 Å². The van der Waals surface area contributed by atoms with Gasteiger partial charge in [-0.2, -0.15) is 0 Å². The maximum Gasteiger partial charge on any atom is 0.395 e. The maximum absolute atomic E-state index is 11.9. The molecule has 0 saturated heterocycles. The Bertz CT molecular complexity index is 645. The molecule has 2 amide bonds. The van der Waals surface area contributed by atoms with Gasteiger partial charge in [0.05, 0.1) is 18.7 Å². The van der Waals surface area contributed by atoms with E-state index in [0.29, 0.717) is 0 Å². The van der Waals surface area contributed by atoms with Crippen molar-refractivity contribution in [3.8, 4) is 0 Å². The zero-order valence-electron chi connectivity index (χ0n) is 15.3. The third-order valence-corrected chi connectivity index (χ3v) is 3.69. The van der Waals surface area contributed by atoms with E-state index in [1.54, 1.807) is 6.82 Å². The Morgan fingerprint density at radius 2 is 2.07 bits per heavy atom. The van der Waals surface area contributed by atoms with Crippen LogP contribution in [-0.2, 0) is 19.1 Å². The SMILES string of the molecule is CBNC(=O)O[C@@H]([C@@H]1OC(C(=O)O)=C[C@H](NC(=N)N)[C@H]1NC(C)=O)[C@H](O)CO. The fourth-order valence-corrected chi connectivity index (χ4v) is 2.62. The van der Waals surface area contributed by atoms with Crippen molar-refractivity contribution in [3.63, 3.8) is 0 Å². The van der Waals surface area contributed by atoms with Gasteiger partial charge in [0, 0.05) is 6.92 Å². The number of carbonyl (C=O) groups excluding carboxylic acids is 2. The highest BCUT2D eigenvalue weighted by Gasteiger charge is 2.46. The number of carbonyl (C=O) groups is 3. The van der Waals surface area contributed by atoms with Crippen LogP contribution < -0.4 is 21.6 Å². The largest absolute Gasteiger partial charge is 0.477 e. The predicted octanol–water partition coefficient (Wildman–Crippen LogP) is -3.44. The van der Waals surface area contributed by atoms with Gasteiger partial charge >= 0.3 is 12.1 Å². The maximum atomic E-state index is 11.9. The molecule has 0 spiro atoms. The molecule has 0 aromatic carbocycles. The summed E-state index contributed by atoms with van der Waals surface area (Å²) in [5.41, 5.74) is 5.32. The molecule has 0 aromatic heterocycles. The number of aliphatic hydroxyl groups excluding tert-OH is 2. The highest BCUT2D eigenvalue weighted by Crippen LogP contribution is 2.25. The Morgan fingerprint density at radius 1 is 1.43 bits per heavy atom. The molecule has 1 rings (SSSR count). The number of carboxylic acid groups (broad SMARTS) is 1. The van der Waals surface area contributed by atoms with Crippen molar-refractivity contribution < 1.29 is 39.2 Å². The molecule has 14 heteroatoms. The first-order chi connectivity index (χ1) is 13.1. The van der Waals surface area contributed by atoms with E-state index >= 15 is 0 Å². The van der Waals surface area contributed by atoms with Gasteiger partial charge in [-0.25, -0.2) is 9.59 Å². The normalized spacial score (nSPS) is 23.1. The number of rotatable bonds is 8. The third kappa shape index (κ3) is 6.31. The van der Waals surface area contributed by atoms with Gasteiger partial charge < -0.3 is 46.4 Å². The minimum atomic E-state index is -1.66. The molecule has 9 N–H and O–H groups in total. The van der Waals surface area contributed by atoms with E-state index in [4.69, 9.17) is 20.6 Å². The van der Waals surface area contributed by atoms with E-state index < -0.39 is 66.7 Å². The molecule has 0 aliphatic carbocycles. The van der Waals surface area contributed by atoms with Gasteiger partial charge in [0.1, 0.15) is 6.10 Å². The van der Waals surface area contributed by atoms with Crippen LogP contribution in [0.3, 0.4) is 0 Å². The molecule has 0 radical (unpaired) electrons. The summed E-state index contributed by atoms with van der Waals surface area (Å²) in [6.45, 7) is 1.96. The van der Waals surface area contributed by atoms with Gasteiger partial charge in [0.25, 0.3) is 0 Å². The van der Waals surface area contributed by atoms with Gasteiger partial charge in [0.2, 0.25) is 19.1 Å². The van der Waals surface area contributed by atoms with E-state index in [1.807, 2.05) is 0 Å². The summed E-state index contributed by atoms with van der Waals surface area (Å²) in [5, 5.41) is 43.4. The molecule has 0 unspecified atom stereocenters. The van der Waals surface area contributed by atoms with E-state index in [2.05, 4.69) is 15.9 Å². The fourth-order valence-electron chi connectivity index (χ4n) is 2.62. The smallest absolute Gasteiger partial charge is 0.395 e. The second-order valence-electron chi connectivity index (χ2n) is 5.88. The van der Waals surface area contributed by atoms with Crippen molar-refractivity contribution in [3.05, 3.63) is 11.8 Å². The third-order valence-electron chi connectivity index (χ3n) is 3.69. The van der Waals surface area contributed by atoms with Crippen molar-refractivity contribution in [1.29, 1.82) is 5.41 Å². The molecular weight excluding hydrogens is 377 g/mol. The van der Waals surface area contributed by atoms with Crippen LogP contribution in [0.15, 0.2) is 11.8 Å². The molecule has 0 saturated carbocycles. The van der Waals surface area contributed by atoms with Gasteiger partial charge in [-0.15, -0.1) is 0 Å². The van der Waals surface area contributed by atoms with Crippen molar-refractivity contribution >= 4 is 31.3 Å². The molecular formula is C14H24BN5O8. The summed E-state index contributed by atoms with van der Waals surface area (Å²) < 4.78 is 10.5. The van der Waals surface area contributed by atoms with Crippen LogP contribution in [0.2, 0.25) is 6.82 Å². The molecule has 0 aromatic rings. The molecule has 1 aliphatic rings. The number of aliphatic carboxylic acids is 1. The Balaban J connectivity index is 3.36. The summed E-state index contributed by atoms with van der Waals surface area (Å²) in [4.78, 5) is 34.9. The lowest BCUT2D eigenvalue weighted by atomic mass is 9.91. The standard InChI is InChI=1S/C14H24BN5O8/c1-5(22)18-9-6(19-13(16)17)3-8(12(24)25)27-11(9)10(7(23)4-21)28-14(26)20-15-2/h3,6-7,9-11,15,21,23H,4H2,1-2H3,(H,18,22)(H,20,26)(H,24,25)(H4,16,17,19)/t6-,7+,9+,10+,11+/m0/s1. The molecule has 0 bridgehead atoms. The van der Waals surface area contributed by atoms with Gasteiger partial charge in [-0.3, -0.25) is 10.2 Å². The molecule has 1 heterocycles. The van der Waals surface area contributed by atoms with E-state index in [1.165, 1.54) is 6.92 Å². The van der Waals surface area contributed by atoms with Crippen molar-refractivity contribution in [1.82, 2.24) is 15.9 Å². The first-order valence-electron chi connectivity index (χ1n) is 8.33. The Kier molecular flexibility index (Phi) is 8.53. The van der Waals surface area contributed by atoms with E-state index in [9.17, 15) is 29.7 Å². The monoisotopic (exact) mass is 401 g/mol. The molecule has 156 valence electrons. The van der Waals surface area contributed by atoms with Crippen molar-refractivity contribution in [2.45, 2.75) is 44.1 Å². The number of nitrogens with one attached hydrogen (secondary N) is 4. The number of nitrogens with two attached hydrogens (primary N) is 1. The summed E-state index contributed by atoms with van der Waals surface area (Å²) in [6.07, 6.45) is -4.52.